The zero-order chi connectivity index (χ0) is 14.5. The fraction of sp³-hybridized carbons (Fsp3) is 0.143. The Balaban J connectivity index is 2.55. The first kappa shape index (κ1) is 14.3. The molecule has 0 amide bonds. The molecule has 2 rings (SSSR count). The first-order valence-corrected chi connectivity index (χ1v) is 6.76. The van der Waals surface area contributed by atoms with Gasteiger partial charge in [-0.25, -0.2) is 4.99 Å². The summed E-state index contributed by atoms with van der Waals surface area (Å²) in [6.45, 7) is 0.464. The van der Waals surface area contributed by atoms with Gasteiger partial charge in [-0.15, -0.1) is 0 Å². The van der Waals surface area contributed by atoms with Crippen molar-refractivity contribution in [2.75, 3.05) is 13.7 Å². The molecular weight excluding hydrogens is 320 g/mol. The maximum Gasteiger partial charge on any atom is 0.129 e. The molecule has 0 saturated carbocycles. The number of allylic oxidation sites excluding steroid dienone is 1. The predicted octanol–water partition coefficient (Wildman–Crippen LogP) is 1.97. The van der Waals surface area contributed by atoms with Crippen molar-refractivity contribution in [1.82, 2.24) is 0 Å². The van der Waals surface area contributed by atoms with E-state index in [0.717, 1.165) is 10.0 Å². The van der Waals surface area contributed by atoms with Crippen LogP contribution in [-0.2, 0) is 0 Å². The van der Waals surface area contributed by atoms with Crippen LogP contribution in [0.4, 0.5) is 0 Å². The summed E-state index contributed by atoms with van der Waals surface area (Å²) in [5.74, 6) is 1.13. The van der Waals surface area contributed by atoms with Crippen molar-refractivity contribution >= 4 is 27.4 Å². The lowest BCUT2D eigenvalue weighted by molar-refractivity contribution is 0.414. The number of ether oxygens (including phenoxy) is 1. The van der Waals surface area contributed by atoms with Crippen LogP contribution in [0.15, 0.2) is 56.8 Å². The van der Waals surface area contributed by atoms with Crippen molar-refractivity contribution in [2.45, 2.75) is 0 Å². The zero-order valence-electron chi connectivity index (χ0n) is 11.0. The molecule has 0 aliphatic carbocycles. The summed E-state index contributed by atoms with van der Waals surface area (Å²) in [5.41, 5.74) is 13.4. The molecule has 20 heavy (non-hydrogen) atoms. The molecule has 1 aromatic carbocycles. The van der Waals surface area contributed by atoms with Crippen LogP contribution in [-0.4, -0.2) is 25.1 Å². The third-order valence-corrected chi connectivity index (χ3v) is 3.21. The normalized spacial score (nSPS) is 15.4. The number of hydrogen-bond donors (Lipinski definition) is 2. The van der Waals surface area contributed by atoms with E-state index in [0.29, 0.717) is 29.5 Å². The Morgan fingerprint density at radius 3 is 2.90 bits per heavy atom. The van der Waals surface area contributed by atoms with Crippen LogP contribution in [0.1, 0.15) is 5.56 Å². The molecule has 1 aromatic rings. The minimum absolute atomic E-state index is 0.424. The number of hydrogen-bond acceptors (Lipinski definition) is 5. The summed E-state index contributed by atoms with van der Waals surface area (Å²) in [6.07, 6.45) is 4.84. The number of methoxy groups -OCH3 is 1. The third kappa shape index (κ3) is 3.08. The predicted molar refractivity (Wildman–Crippen MR) is 85.1 cm³/mol. The average Bonchev–Trinajstić information content (AvgIpc) is 2.61. The lowest BCUT2D eigenvalue weighted by Crippen LogP contribution is -2.16. The molecule has 0 atom stereocenters. The SMILES string of the molecule is COc1cc(Br)ccc1C1=NCC=C(N)N=C1/C=C\N. The number of nitrogens with zero attached hydrogens (tertiary/aromatic N) is 2. The molecule has 0 unspecified atom stereocenters. The smallest absolute Gasteiger partial charge is 0.129 e. The van der Waals surface area contributed by atoms with Gasteiger partial charge in [-0.2, -0.15) is 0 Å². The molecule has 0 radical (unpaired) electrons. The van der Waals surface area contributed by atoms with E-state index >= 15 is 0 Å². The second kappa shape index (κ2) is 6.38. The fourth-order valence-corrected chi connectivity index (χ4v) is 2.18. The second-order valence-electron chi connectivity index (χ2n) is 4.02. The molecule has 0 aromatic heterocycles. The number of halogens is 1. The van der Waals surface area contributed by atoms with Gasteiger partial charge in [-0.05, 0) is 36.6 Å². The van der Waals surface area contributed by atoms with Crippen LogP contribution in [0.2, 0.25) is 0 Å². The zero-order valence-corrected chi connectivity index (χ0v) is 12.6. The molecule has 1 heterocycles. The third-order valence-electron chi connectivity index (χ3n) is 2.71. The van der Waals surface area contributed by atoms with Gasteiger partial charge in [0, 0.05) is 10.0 Å². The van der Waals surface area contributed by atoms with E-state index in [4.69, 9.17) is 16.2 Å². The Bertz CT molecular complexity index is 632. The van der Waals surface area contributed by atoms with Crippen LogP contribution in [0.25, 0.3) is 0 Å². The summed E-state index contributed by atoms with van der Waals surface area (Å²) in [5, 5.41) is 0. The van der Waals surface area contributed by atoms with Crippen molar-refractivity contribution in [1.29, 1.82) is 0 Å². The van der Waals surface area contributed by atoms with E-state index in [-0.39, 0.29) is 0 Å². The summed E-state index contributed by atoms with van der Waals surface area (Å²) >= 11 is 3.42. The summed E-state index contributed by atoms with van der Waals surface area (Å²) in [4.78, 5) is 8.82. The van der Waals surface area contributed by atoms with Crippen LogP contribution in [0, 0.1) is 0 Å². The van der Waals surface area contributed by atoms with Crippen LogP contribution >= 0.6 is 15.9 Å². The van der Waals surface area contributed by atoms with Gasteiger partial charge >= 0.3 is 0 Å². The van der Waals surface area contributed by atoms with Crippen molar-refractivity contribution in [3.63, 3.8) is 0 Å². The first-order valence-electron chi connectivity index (χ1n) is 5.97. The molecule has 0 bridgehead atoms. The molecule has 1 aliphatic rings. The molecular formula is C14H15BrN4O. The summed E-state index contributed by atoms with van der Waals surface area (Å²) in [6, 6.07) is 5.72. The van der Waals surface area contributed by atoms with Gasteiger partial charge in [0.25, 0.3) is 0 Å². The van der Waals surface area contributed by atoms with E-state index in [2.05, 4.69) is 25.9 Å². The maximum absolute atomic E-state index is 5.78. The van der Waals surface area contributed by atoms with Gasteiger partial charge in [-0.3, -0.25) is 4.99 Å². The highest BCUT2D eigenvalue weighted by atomic mass is 79.9. The number of nitrogens with two attached hydrogens (primary N) is 2. The minimum atomic E-state index is 0.424. The molecule has 0 saturated heterocycles. The highest BCUT2D eigenvalue weighted by Crippen LogP contribution is 2.25. The fourth-order valence-electron chi connectivity index (χ4n) is 1.84. The lowest BCUT2D eigenvalue weighted by atomic mass is 10.0. The quantitative estimate of drug-likeness (QED) is 0.885. The molecule has 1 aliphatic heterocycles. The highest BCUT2D eigenvalue weighted by Gasteiger charge is 2.16. The van der Waals surface area contributed by atoms with E-state index in [1.165, 1.54) is 6.20 Å². The monoisotopic (exact) mass is 334 g/mol. The lowest BCUT2D eigenvalue weighted by Gasteiger charge is -2.11. The van der Waals surface area contributed by atoms with Gasteiger partial charge in [-0.1, -0.05) is 15.9 Å². The first-order chi connectivity index (χ1) is 9.65. The van der Waals surface area contributed by atoms with Crippen LogP contribution in [0.5, 0.6) is 5.75 Å². The largest absolute Gasteiger partial charge is 0.496 e. The van der Waals surface area contributed by atoms with Gasteiger partial charge in [0.05, 0.1) is 25.1 Å². The van der Waals surface area contributed by atoms with Crippen molar-refractivity contribution in [3.8, 4) is 5.75 Å². The maximum atomic E-state index is 5.78. The Morgan fingerprint density at radius 1 is 1.40 bits per heavy atom. The van der Waals surface area contributed by atoms with E-state index in [1.807, 2.05) is 18.2 Å². The van der Waals surface area contributed by atoms with Crippen molar-refractivity contribution < 1.29 is 4.74 Å². The van der Waals surface area contributed by atoms with Crippen LogP contribution < -0.4 is 16.2 Å². The van der Waals surface area contributed by atoms with Crippen LogP contribution in [0.3, 0.4) is 0 Å². The summed E-state index contributed by atoms with van der Waals surface area (Å²) < 4.78 is 6.33. The Kier molecular flexibility index (Phi) is 4.57. The number of rotatable bonds is 3. The number of benzene rings is 1. The molecule has 104 valence electrons. The van der Waals surface area contributed by atoms with Crippen molar-refractivity contribution in [3.05, 3.63) is 52.4 Å². The number of aliphatic imine (C=N–C) groups is 2. The van der Waals surface area contributed by atoms with Crippen molar-refractivity contribution in [2.24, 2.45) is 21.5 Å². The topological polar surface area (TPSA) is 86.0 Å². The van der Waals surface area contributed by atoms with Gasteiger partial charge in [0.15, 0.2) is 0 Å². The van der Waals surface area contributed by atoms with E-state index in [9.17, 15) is 0 Å². The molecule has 0 spiro atoms. The van der Waals surface area contributed by atoms with Gasteiger partial charge in [0.2, 0.25) is 0 Å². The van der Waals surface area contributed by atoms with Gasteiger partial charge < -0.3 is 16.2 Å². The molecule has 6 heteroatoms. The molecule has 4 N–H and O–H groups in total. The van der Waals surface area contributed by atoms with E-state index in [1.54, 1.807) is 19.3 Å². The summed E-state index contributed by atoms with van der Waals surface area (Å²) in [7, 11) is 1.62. The Labute approximate surface area is 125 Å². The average molecular weight is 335 g/mol. The molecule has 0 fully saturated rings. The Hall–Kier alpha value is -2.08. The molecule has 5 nitrogen and oxygen atoms in total. The highest BCUT2D eigenvalue weighted by molar-refractivity contribution is 9.10. The standard InChI is InChI=1S/C14H15BrN4O/c1-20-12-8-9(15)2-3-10(12)14-11(4-6-16)19-13(17)5-7-18-14/h2-6,8H,7,16-17H2,1H3/b6-4-. The second-order valence-corrected chi connectivity index (χ2v) is 4.93. The van der Waals surface area contributed by atoms with E-state index < -0.39 is 0 Å². The van der Waals surface area contributed by atoms with Gasteiger partial charge in [0.1, 0.15) is 11.6 Å². The minimum Gasteiger partial charge on any atom is -0.496 e. The Morgan fingerprint density at radius 2 is 2.20 bits per heavy atom.